The number of aliphatic hydroxyl groups is 1. The van der Waals surface area contributed by atoms with Gasteiger partial charge in [-0.2, -0.15) is 0 Å². The van der Waals surface area contributed by atoms with Crippen LogP contribution >= 0.6 is 0 Å². The fourth-order valence-corrected chi connectivity index (χ4v) is 3.47. The molecule has 134 valence electrons. The van der Waals surface area contributed by atoms with E-state index in [4.69, 9.17) is 0 Å². The Labute approximate surface area is 145 Å². The first-order valence-electron chi connectivity index (χ1n) is 9.25. The summed E-state index contributed by atoms with van der Waals surface area (Å²) < 4.78 is 0. The molecule has 0 saturated carbocycles. The lowest BCUT2D eigenvalue weighted by molar-refractivity contribution is 0.0907. The molecular weight excluding hydrogens is 302 g/mol. The molecule has 1 aromatic heterocycles. The predicted octanol–water partition coefficient (Wildman–Crippen LogP) is 2.99. The summed E-state index contributed by atoms with van der Waals surface area (Å²) in [4.78, 5) is 19.4. The number of pyridine rings is 1. The molecule has 24 heavy (non-hydrogen) atoms. The highest BCUT2D eigenvalue weighted by atomic mass is 16.3. The van der Waals surface area contributed by atoms with Crippen LogP contribution in [0.1, 0.15) is 62.7 Å². The third-order valence-electron chi connectivity index (χ3n) is 5.45. The molecule has 1 aliphatic heterocycles. The molecule has 1 amide bonds. The number of aliphatic hydroxyl groups excluding tert-OH is 1. The third kappa shape index (κ3) is 4.47. The highest BCUT2D eigenvalue weighted by molar-refractivity contribution is 5.98. The van der Waals surface area contributed by atoms with Gasteiger partial charge in [-0.1, -0.05) is 13.8 Å². The molecule has 0 spiro atoms. The smallest absolute Gasteiger partial charge is 0.255 e. The fraction of sp³-hybridized carbons (Fsp3) is 0.684. The van der Waals surface area contributed by atoms with Gasteiger partial charge in [0, 0.05) is 32.4 Å². The zero-order valence-corrected chi connectivity index (χ0v) is 15.1. The second-order valence-corrected chi connectivity index (χ2v) is 6.79. The first-order chi connectivity index (χ1) is 11.7. The number of hydrogen-bond donors (Lipinski definition) is 2. The highest BCUT2D eigenvalue weighted by Gasteiger charge is 2.27. The minimum Gasteiger partial charge on any atom is -0.396 e. The van der Waals surface area contributed by atoms with Crippen molar-refractivity contribution in [1.82, 2.24) is 10.3 Å². The maximum absolute atomic E-state index is 12.8. The molecule has 1 fully saturated rings. The number of nitrogens with zero attached hydrogens (tertiary/aromatic N) is 2. The SMILES string of the molecule is CCC(CC)(CCO)CNC(=O)c1cccnc1N1CCCCC1. The van der Waals surface area contributed by atoms with Gasteiger partial charge in [-0.25, -0.2) is 4.98 Å². The van der Waals surface area contributed by atoms with Gasteiger partial charge in [0.05, 0.1) is 5.56 Å². The van der Waals surface area contributed by atoms with Crippen molar-refractivity contribution in [3.63, 3.8) is 0 Å². The maximum Gasteiger partial charge on any atom is 0.255 e. The molecule has 0 atom stereocenters. The van der Waals surface area contributed by atoms with Gasteiger partial charge in [0.25, 0.3) is 5.91 Å². The van der Waals surface area contributed by atoms with Crippen molar-refractivity contribution in [2.45, 2.75) is 52.4 Å². The van der Waals surface area contributed by atoms with Gasteiger partial charge in [-0.3, -0.25) is 4.79 Å². The van der Waals surface area contributed by atoms with Gasteiger partial charge >= 0.3 is 0 Å². The van der Waals surface area contributed by atoms with Crippen LogP contribution in [-0.2, 0) is 0 Å². The lowest BCUT2D eigenvalue weighted by atomic mass is 9.79. The van der Waals surface area contributed by atoms with Crippen molar-refractivity contribution >= 4 is 11.7 Å². The second-order valence-electron chi connectivity index (χ2n) is 6.79. The summed E-state index contributed by atoms with van der Waals surface area (Å²) in [7, 11) is 0. The fourth-order valence-electron chi connectivity index (χ4n) is 3.47. The van der Waals surface area contributed by atoms with E-state index in [-0.39, 0.29) is 17.9 Å². The van der Waals surface area contributed by atoms with Gasteiger partial charge in [0.1, 0.15) is 5.82 Å². The van der Waals surface area contributed by atoms with E-state index in [1.54, 1.807) is 6.20 Å². The van der Waals surface area contributed by atoms with Crippen molar-refractivity contribution in [3.05, 3.63) is 23.9 Å². The normalized spacial score (nSPS) is 15.4. The summed E-state index contributed by atoms with van der Waals surface area (Å²) in [6.45, 7) is 6.92. The molecule has 2 rings (SSSR count). The van der Waals surface area contributed by atoms with Crippen LogP contribution < -0.4 is 10.2 Å². The molecule has 0 radical (unpaired) electrons. The van der Waals surface area contributed by atoms with Crippen molar-refractivity contribution in [2.24, 2.45) is 5.41 Å². The zero-order chi connectivity index (χ0) is 17.4. The summed E-state index contributed by atoms with van der Waals surface area (Å²) in [5.74, 6) is 0.739. The van der Waals surface area contributed by atoms with E-state index in [1.165, 1.54) is 6.42 Å². The molecule has 5 heteroatoms. The van der Waals surface area contributed by atoms with Gasteiger partial charge in [0.2, 0.25) is 0 Å². The molecule has 0 bridgehead atoms. The number of hydrogen-bond acceptors (Lipinski definition) is 4. The van der Waals surface area contributed by atoms with Crippen molar-refractivity contribution in [2.75, 3.05) is 31.1 Å². The number of aromatic nitrogens is 1. The van der Waals surface area contributed by atoms with E-state index in [9.17, 15) is 9.90 Å². The van der Waals surface area contributed by atoms with Crippen LogP contribution in [-0.4, -0.2) is 42.2 Å². The quantitative estimate of drug-likeness (QED) is 0.767. The summed E-state index contributed by atoms with van der Waals surface area (Å²) in [5.41, 5.74) is 0.627. The number of nitrogens with one attached hydrogen (secondary N) is 1. The van der Waals surface area contributed by atoms with Gasteiger partial charge in [0.15, 0.2) is 0 Å². The molecule has 1 aliphatic rings. The summed E-state index contributed by atoms with van der Waals surface area (Å²) in [6.07, 6.45) is 7.92. The summed E-state index contributed by atoms with van der Waals surface area (Å²) in [6, 6.07) is 3.68. The van der Waals surface area contributed by atoms with Crippen LogP contribution in [0, 0.1) is 5.41 Å². The lowest BCUT2D eigenvalue weighted by Crippen LogP contribution is -2.39. The molecular formula is C19H31N3O2. The number of amides is 1. The van der Waals surface area contributed by atoms with Crippen molar-refractivity contribution < 1.29 is 9.90 Å². The Morgan fingerprint density at radius 1 is 1.29 bits per heavy atom. The topological polar surface area (TPSA) is 65.5 Å². The molecule has 1 saturated heterocycles. The molecule has 1 aromatic rings. The van der Waals surface area contributed by atoms with Crippen LogP contribution in [0.4, 0.5) is 5.82 Å². The van der Waals surface area contributed by atoms with E-state index in [0.717, 1.165) is 44.6 Å². The number of piperidine rings is 1. The van der Waals surface area contributed by atoms with E-state index in [2.05, 4.69) is 29.0 Å². The third-order valence-corrected chi connectivity index (χ3v) is 5.45. The Morgan fingerprint density at radius 3 is 2.62 bits per heavy atom. The van der Waals surface area contributed by atoms with Crippen LogP contribution in [0.15, 0.2) is 18.3 Å². The van der Waals surface area contributed by atoms with Gasteiger partial charge in [-0.05, 0) is 56.1 Å². The number of carbonyl (C=O) groups is 1. The maximum atomic E-state index is 12.8. The molecule has 2 N–H and O–H groups in total. The zero-order valence-electron chi connectivity index (χ0n) is 15.1. The first kappa shape index (κ1) is 18.7. The Kier molecular flexibility index (Phi) is 7.03. The summed E-state index contributed by atoms with van der Waals surface area (Å²) in [5, 5.41) is 12.4. The molecule has 0 aromatic carbocycles. The van der Waals surface area contributed by atoms with Crippen LogP contribution in [0.25, 0.3) is 0 Å². The summed E-state index contributed by atoms with van der Waals surface area (Å²) >= 11 is 0. The highest BCUT2D eigenvalue weighted by Crippen LogP contribution is 2.30. The monoisotopic (exact) mass is 333 g/mol. The van der Waals surface area contributed by atoms with E-state index < -0.39 is 0 Å². The van der Waals surface area contributed by atoms with E-state index in [1.807, 2.05) is 12.1 Å². The van der Waals surface area contributed by atoms with Crippen molar-refractivity contribution in [3.8, 4) is 0 Å². The molecule has 2 heterocycles. The first-order valence-corrected chi connectivity index (χ1v) is 9.25. The van der Waals surface area contributed by atoms with Gasteiger partial charge in [-0.15, -0.1) is 0 Å². The standard InChI is InChI=1S/C19H31N3O2/c1-3-19(4-2,10-14-23)15-21-18(24)16-9-8-11-20-17(16)22-12-6-5-7-13-22/h8-9,11,23H,3-7,10,12-15H2,1-2H3,(H,21,24). The Morgan fingerprint density at radius 2 is 2.00 bits per heavy atom. The second kappa shape index (κ2) is 9.02. The number of carbonyl (C=O) groups excluding carboxylic acids is 1. The molecule has 0 unspecified atom stereocenters. The molecule has 5 nitrogen and oxygen atoms in total. The van der Waals surface area contributed by atoms with Crippen molar-refractivity contribution in [1.29, 1.82) is 0 Å². The van der Waals surface area contributed by atoms with Gasteiger partial charge < -0.3 is 15.3 Å². The lowest BCUT2D eigenvalue weighted by Gasteiger charge is -2.32. The minimum atomic E-state index is -0.0621. The van der Waals surface area contributed by atoms with E-state index in [0.29, 0.717) is 18.5 Å². The molecule has 0 aliphatic carbocycles. The minimum absolute atomic E-state index is 0.0299. The van der Waals surface area contributed by atoms with Crippen LogP contribution in [0.3, 0.4) is 0 Å². The Balaban J connectivity index is 2.09. The number of rotatable bonds is 8. The predicted molar refractivity (Wildman–Crippen MR) is 97.4 cm³/mol. The number of anilines is 1. The average Bonchev–Trinajstić information content (AvgIpc) is 2.65. The Bertz CT molecular complexity index is 523. The largest absolute Gasteiger partial charge is 0.396 e. The Hall–Kier alpha value is -1.62. The van der Waals surface area contributed by atoms with Crippen LogP contribution in [0.2, 0.25) is 0 Å². The van der Waals surface area contributed by atoms with Crippen LogP contribution in [0.5, 0.6) is 0 Å². The average molecular weight is 333 g/mol. The van der Waals surface area contributed by atoms with E-state index >= 15 is 0 Å².